The number of hydrogen-bond acceptors (Lipinski definition) is 4. The maximum absolute atomic E-state index is 12.2. The molecule has 1 aromatic rings. The summed E-state index contributed by atoms with van der Waals surface area (Å²) in [6, 6.07) is 10.2. The van der Waals surface area contributed by atoms with Crippen LogP contribution in [0.15, 0.2) is 24.3 Å². The van der Waals surface area contributed by atoms with Gasteiger partial charge in [0.1, 0.15) is 0 Å². The van der Waals surface area contributed by atoms with Gasteiger partial charge < -0.3 is 15.5 Å². The Kier molecular flexibility index (Phi) is 4.59. The highest BCUT2D eigenvalue weighted by atomic mass is 16.2. The third-order valence-electron chi connectivity index (χ3n) is 3.58. The van der Waals surface area contributed by atoms with Crippen molar-refractivity contribution in [3.63, 3.8) is 0 Å². The minimum absolute atomic E-state index is 0.0177. The number of nitrogens with two attached hydrogens (primary N) is 1. The molecule has 0 saturated carbocycles. The Hall–Kier alpha value is -2.06. The molecule has 1 aliphatic rings. The lowest BCUT2D eigenvalue weighted by Crippen LogP contribution is -2.47. The van der Waals surface area contributed by atoms with Crippen molar-refractivity contribution in [2.45, 2.75) is 18.9 Å². The second-order valence-corrected chi connectivity index (χ2v) is 5.20. The summed E-state index contributed by atoms with van der Waals surface area (Å²) in [5.74, 6) is 0.0177. The van der Waals surface area contributed by atoms with Crippen molar-refractivity contribution in [3.05, 3.63) is 29.8 Å². The molecule has 5 heteroatoms. The second kappa shape index (κ2) is 6.40. The number of amides is 1. The predicted octanol–water partition coefficient (Wildman–Crippen LogP) is 0.748. The normalized spacial score (nSPS) is 17.2. The number of carbonyl (C=O) groups excluding carboxylic acids is 1. The first-order chi connectivity index (χ1) is 9.61. The van der Waals surface area contributed by atoms with E-state index in [1.54, 1.807) is 11.9 Å². The van der Waals surface area contributed by atoms with Crippen LogP contribution in [0.4, 0.5) is 5.69 Å². The summed E-state index contributed by atoms with van der Waals surface area (Å²) in [6.07, 6.45) is 1.21. The van der Waals surface area contributed by atoms with Gasteiger partial charge in [-0.05, 0) is 18.1 Å². The highest BCUT2D eigenvalue weighted by molar-refractivity contribution is 5.82. The van der Waals surface area contributed by atoms with Crippen LogP contribution in [0.1, 0.15) is 12.0 Å². The molecule has 0 fully saturated rings. The number of anilines is 1. The van der Waals surface area contributed by atoms with E-state index in [1.807, 2.05) is 23.1 Å². The predicted molar refractivity (Wildman–Crippen MR) is 78.2 cm³/mol. The standard InChI is InChI=1S/C15H20N4O/c1-18(8-4-7-16)15(20)11-19-10-13(17)9-12-5-2-3-6-14(12)19/h2-3,5-6,13H,4,8-11,17H2,1H3. The quantitative estimate of drug-likeness (QED) is 0.877. The summed E-state index contributed by atoms with van der Waals surface area (Å²) in [6.45, 7) is 1.47. The van der Waals surface area contributed by atoms with E-state index in [4.69, 9.17) is 11.0 Å². The fraction of sp³-hybridized carbons (Fsp3) is 0.467. The number of nitrogens with zero attached hydrogens (tertiary/aromatic N) is 3. The summed E-state index contributed by atoms with van der Waals surface area (Å²) in [5.41, 5.74) is 8.35. The highest BCUT2D eigenvalue weighted by Gasteiger charge is 2.24. The largest absolute Gasteiger partial charge is 0.360 e. The van der Waals surface area contributed by atoms with Crippen LogP contribution in [0, 0.1) is 11.3 Å². The minimum atomic E-state index is 0.0177. The zero-order valence-electron chi connectivity index (χ0n) is 11.7. The SMILES string of the molecule is CN(CCC#N)C(=O)CN1CC(N)Cc2ccccc21. The lowest BCUT2D eigenvalue weighted by Gasteiger charge is -2.35. The molecule has 2 rings (SSSR count). The molecule has 20 heavy (non-hydrogen) atoms. The van der Waals surface area contributed by atoms with Crippen LogP contribution in [-0.4, -0.2) is 43.5 Å². The molecule has 0 aromatic heterocycles. The van der Waals surface area contributed by atoms with Crippen molar-refractivity contribution in [2.75, 3.05) is 31.6 Å². The third-order valence-corrected chi connectivity index (χ3v) is 3.58. The summed E-state index contributed by atoms with van der Waals surface area (Å²) in [5, 5.41) is 8.57. The van der Waals surface area contributed by atoms with Gasteiger partial charge in [0, 0.05) is 31.9 Å². The van der Waals surface area contributed by atoms with Crippen molar-refractivity contribution in [3.8, 4) is 6.07 Å². The molecular weight excluding hydrogens is 252 g/mol. The van der Waals surface area contributed by atoms with Gasteiger partial charge in [0.25, 0.3) is 0 Å². The third kappa shape index (κ3) is 3.28. The molecule has 5 nitrogen and oxygen atoms in total. The van der Waals surface area contributed by atoms with E-state index in [-0.39, 0.29) is 11.9 Å². The van der Waals surface area contributed by atoms with E-state index in [0.29, 0.717) is 26.1 Å². The lowest BCUT2D eigenvalue weighted by atomic mass is 9.98. The van der Waals surface area contributed by atoms with Crippen molar-refractivity contribution < 1.29 is 4.79 Å². The van der Waals surface area contributed by atoms with Crippen molar-refractivity contribution >= 4 is 11.6 Å². The van der Waals surface area contributed by atoms with Crippen LogP contribution in [0.25, 0.3) is 0 Å². The smallest absolute Gasteiger partial charge is 0.241 e. The van der Waals surface area contributed by atoms with Crippen molar-refractivity contribution in [1.82, 2.24) is 4.90 Å². The van der Waals surface area contributed by atoms with Gasteiger partial charge in [0.2, 0.25) is 5.91 Å². The van der Waals surface area contributed by atoms with Crippen LogP contribution in [-0.2, 0) is 11.2 Å². The fourth-order valence-corrected chi connectivity index (χ4v) is 2.50. The molecule has 1 atom stereocenters. The Balaban J connectivity index is 2.06. The Bertz CT molecular complexity index is 523. The Morgan fingerprint density at radius 1 is 1.55 bits per heavy atom. The molecule has 0 radical (unpaired) electrons. The van der Waals surface area contributed by atoms with Crippen molar-refractivity contribution in [1.29, 1.82) is 5.26 Å². The van der Waals surface area contributed by atoms with Gasteiger partial charge in [0.15, 0.2) is 0 Å². The van der Waals surface area contributed by atoms with Crippen LogP contribution in [0.5, 0.6) is 0 Å². The zero-order chi connectivity index (χ0) is 14.5. The molecule has 1 unspecified atom stereocenters. The van der Waals surface area contributed by atoms with Crippen LogP contribution in [0.2, 0.25) is 0 Å². The Morgan fingerprint density at radius 2 is 2.30 bits per heavy atom. The number of likely N-dealkylation sites (N-methyl/N-ethyl adjacent to an activating group) is 1. The Morgan fingerprint density at radius 3 is 3.05 bits per heavy atom. The maximum Gasteiger partial charge on any atom is 0.241 e. The average Bonchev–Trinajstić information content (AvgIpc) is 2.44. The maximum atomic E-state index is 12.2. The Labute approximate surface area is 119 Å². The van der Waals surface area contributed by atoms with E-state index < -0.39 is 0 Å². The molecule has 1 heterocycles. The van der Waals surface area contributed by atoms with Crippen LogP contribution >= 0.6 is 0 Å². The van der Waals surface area contributed by atoms with Gasteiger partial charge >= 0.3 is 0 Å². The molecular formula is C15H20N4O. The summed E-state index contributed by atoms with van der Waals surface area (Å²) < 4.78 is 0. The van der Waals surface area contributed by atoms with Gasteiger partial charge in [-0.2, -0.15) is 5.26 Å². The number of benzene rings is 1. The van der Waals surface area contributed by atoms with E-state index in [1.165, 1.54) is 5.56 Å². The topological polar surface area (TPSA) is 73.4 Å². The van der Waals surface area contributed by atoms with Gasteiger partial charge in [-0.25, -0.2) is 0 Å². The molecule has 2 N–H and O–H groups in total. The summed E-state index contributed by atoms with van der Waals surface area (Å²) in [4.78, 5) is 15.8. The first kappa shape index (κ1) is 14.4. The van der Waals surface area contributed by atoms with E-state index in [9.17, 15) is 4.79 Å². The van der Waals surface area contributed by atoms with Gasteiger partial charge in [-0.1, -0.05) is 18.2 Å². The molecule has 1 aliphatic heterocycles. The van der Waals surface area contributed by atoms with E-state index >= 15 is 0 Å². The van der Waals surface area contributed by atoms with Gasteiger partial charge in [0.05, 0.1) is 19.0 Å². The van der Waals surface area contributed by atoms with E-state index in [2.05, 4.69) is 12.1 Å². The van der Waals surface area contributed by atoms with Crippen molar-refractivity contribution in [2.24, 2.45) is 5.73 Å². The lowest BCUT2D eigenvalue weighted by molar-refractivity contribution is -0.128. The zero-order valence-corrected chi connectivity index (χ0v) is 11.7. The number of para-hydroxylation sites is 1. The molecule has 0 aliphatic carbocycles. The number of rotatable bonds is 4. The molecule has 0 bridgehead atoms. The monoisotopic (exact) mass is 272 g/mol. The minimum Gasteiger partial charge on any atom is -0.360 e. The molecule has 1 aromatic carbocycles. The number of hydrogen-bond donors (Lipinski definition) is 1. The van der Waals surface area contributed by atoms with Gasteiger partial charge in [-0.15, -0.1) is 0 Å². The fourth-order valence-electron chi connectivity index (χ4n) is 2.50. The first-order valence-electron chi connectivity index (χ1n) is 6.81. The number of carbonyl (C=O) groups is 1. The van der Waals surface area contributed by atoms with E-state index in [0.717, 1.165) is 12.1 Å². The average molecular weight is 272 g/mol. The molecule has 0 spiro atoms. The second-order valence-electron chi connectivity index (χ2n) is 5.20. The highest BCUT2D eigenvalue weighted by Crippen LogP contribution is 2.26. The van der Waals surface area contributed by atoms with Crippen LogP contribution in [0.3, 0.4) is 0 Å². The first-order valence-corrected chi connectivity index (χ1v) is 6.81. The van der Waals surface area contributed by atoms with Crippen LogP contribution < -0.4 is 10.6 Å². The number of nitriles is 1. The molecule has 1 amide bonds. The molecule has 0 saturated heterocycles. The molecule has 106 valence electrons. The summed E-state index contributed by atoms with van der Waals surface area (Å²) >= 11 is 0. The van der Waals surface area contributed by atoms with Gasteiger partial charge in [-0.3, -0.25) is 4.79 Å². The number of fused-ring (bicyclic) bond motifs is 1. The summed E-state index contributed by atoms with van der Waals surface area (Å²) in [7, 11) is 1.73.